The predicted molar refractivity (Wildman–Crippen MR) is 70.6 cm³/mol. The summed E-state index contributed by atoms with van der Waals surface area (Å²) in [4.78, 5) is 18.8. The van der Waals surface area contributed by atoms with Crippen LogP contribution in [0.3, 0.4) is 0 Å². The van der Waals surface area contributed by atoms with E-state index in [0.717, 1.165) is 31.1 Å². The minimum absolute atomic E-state index is 0.0825. The molecule has 0 radical (unpaired) electrons. The fourth-order valence-electron chi connectivity index (χ4n) is 1.59. The van der Waals surface area contributed by atoms with Crippen LogP contribution >= 0.6 is 11.3 Å². The van der Waals surface area contributed by atoms with Crippen molar-refractivity contribution in [2.24, 2.45) is 0 Å². The number of aromatic nitrogens is 1. The van der Waals surface area contributed by atoms with Gasteiger partial charge in [-0.25, -0.2) is 4.98 Å². The molecule has 1 aliphatic carbocycles. The molecular formula is C11H18N4OS. The zero-order chi connectivity index (χ0) is 12.4. The highest BCUT2D eigenvalue weighted by Gasteiger charge is 2.26. The lowest BCUT2D eigenvalue weighted by atomic mass is 10.4. The van der Waals surface area contributed by atoms with E-state index in [-0.39, 0.29) is 5.91 Å². The van der Waals surface area contributed by atoms with E-state index in [1.54, 1.807) is 0 Å². The first kappa shape index (κ1) is 12.2. The van der Waals surface area contributed by atoms with Gasteiger partial charge in [0.05, 0.1) is 0 Å². The molecule has 5 nitrogen and oxygen atoms in total. The molecule has 1 amide bonds. The van der Waals surface area contributed by atoms with Crippen molar-refractivity contribution in [3.05, 3.63) is 4.88 Å². The second kappa shape index (κ2) is 4.91. The number of amides is 1. The maximum absolute atomic E-state index is 11.9. The van der Waals surface area contributed by atoms with Crippen molar-refractivity contribution in [1.29, 1.82) is 0 Å². The highest BCUT2D eigenvalue weighted by atomic mass is 32.1. The van der Waals surface area contributed by atoms with Gasteiger partial charge in [-0.2, -0.15) is 0 Å². The molecular weight excluding hydrogens is 236 g/mol. The Morgan fingerprint density at radius 2 is 2.18 bits per heavy atom. The lowest BCUT2D eigenvalue weighted by molar-refractivity contribution is 0.0956. The molecule has 0 atom stereocenters. The van der Waals surface area contributed by atoms with Crippen molar-refractivity contribution in [2.75, 3.05) is 23.7 Å². The van der Waals surface area contributed by atoms with Gasteiger partial charge in [0.25, 0.3) is 5.91 Å². The highest BCUT2D eigenvalue weighted by Crippen LogP contribution is 2.29. The molecule has 1 heterocycles. The molecule has 0 aliphatic heterocycles. The standard InChI is InChI=1S/C11H18N4OS/c1-3-15(4-2)11-14-9(12)8(17-11)10(16)13-7-5-6-7/h7H,3-6,12H2,1-2H3,(H,13,16). The number of carbonyl (C=O) groups is 1. The van der Waals surface area contributed by atoms with Gasteiger partial charge in [-0.1, -0.05) is 11.3 Å². The van der Waals surface area contributed by atoms with E-state index in [1.807, 2.05) is 0 Å². The second-order valence-electron chi connectivity index (χ2n) is 4.13. The summed E-state index contributed by atoms with van der Waals surface area (Å²) in [6, 6.07) is 0.348. The van der Waals surface area contributed by atoms with Gasteiger partial charge < -0.3 is 16.0 Å². The van der Waals surface area contributed by atoms with Crippen LogP contribution < -0.4 is 16.0 Å². The first-order chi connectivity index (χ1) is 8.15. The summed E-state index contributed by atoms with van der Waals surface area (Å²) in [6.45, 7) is 5.86. The number of nitrogens with two attached hydrogens (primary N) is 1. The average Bonchev–Trinajstić information content (AvgIpc) is 3.02. The number of thiazole rings is 1. The van der Waals surface area contributed by atoms with Gasteiger partial charge in [0.15, 0.2) is 5.13 Å². The third-order valence-corrected chi connectivity index (χ3v) is 3.93. The van der Waals surface area contributed by atoms with E-state index in [0.29, 0.717) is 16.7 Å². The Kier molecular flexibility index (Phi) is 3.51. The van der Waals surface area contributed by atoms with Gasteiger partial charge in [-0.05, 0) is 26.7 Å². The normalized spacial score (nSPS) is 14.7. The predicted octanol–water partition coefficient (Wildman–Crippen LogP) is 1.46. The summed E-state index contributed by atoms with van der Waals surface area (Å²) >= 11 is 1.37. The van der Waals surface area contributed by atoms with Crippen LogP contribution in [0.4, 0.5) is 10.9 Å². The van der Waals surface area contributed by atoms with Crippen LogP contribution in [0.1, 0.15) is 36.4 Å². The van der Waals surface area contributed by atoms with Gasteiger partial charge in [-0.15, -0.1) is 0 Å². The Labute approximate surface area is 105 Å². The molecule has 1 aromatic heterocycles. The zero-order valence-corrected chi connectivity index (χ0v) is 11.0. The Bertz CT molecular complexity index is 410. The Morgan fingerprint density at radius 1 is 1.53 bits per heavy atom. The molecule has 0 saturated heterocycles. The summed E-state index contributed by atoms with van der Waals surface area (Å²) in [5, 5.41) is 3.76. The molecule has 2 rings (SSSR count). The smallest absolute Gasteiger partial charge is 0.265 e. The van der Waals surface area contributed by atoms with Gasteiger partial charge in [-0.3, -0.25) is 4.79 Å². The maximum atomic E-state index is 11.9. The number of carbonyl (C=O) groups excluding carboxylic acids is 1. The summed E-state index contributed by atoms with van der Waals surface area (Å²) in [6.07, 6.45) is 2.15. The van der Waals surface area contributed by atoms with E-state index < -0.39 is 0 Å². The fraction of sp³-hybridized carbons (Fsp3) is 0.636. The lowest BCUT2D eigenvalue weighted by Gasteiger charge is -2.16. The molecule has 3 N–H and O–H groups in total. The van der Waals surface area contributed by atoms with Crippen molar-refractivity contribution >= 4 is 28.2 Å². The van der Waals surface area contributed by atoms with Crippen LogP contribution in [0.15, 0.2) is 0 Å². The largest absolute Gasteiger partial charge is 0.382 e. The third-order valence-electron chi connectivity index (χ3n) is 2.79. The number of nitrogens with one attached hydrogen (secondary N) is 1. The lowest BCUT2D eigenvalue weighted by Crippen LogP contribution is -2.25. The minimum atomic E-state index is -0.0825. The summed E-state index contributed by atoms with van der Waals surface area (Å²) < 4.78 is 0. The highest BCUT2D eigenvalue weighted by molar-refractivity contribution is 7.18. The molecule has 1 aromatic rings. The molecule has 0 bridgehead atoms. The van der Waals surface area contributed by atoms with Crippen molar-refractivity contribution in [2.45, 2.75) is 32.7 Å². The fourth-order valence-corrected chi connectivity index (χ4v) is 2.61. The second-order valence-corrected chi connectivity index (χ2v) is 5.11. The topological polar surface area (TPSA) is 71.2 Å². The molecule has 1 aliphatic rings. The minimum Gasteiger partial charge on any atom is -0.382 e. The number of rotatable bonds is 5. The first-order valence-corrected chi connectivity index (χ1v) is 6.79. The van der Waals surface area contributed by atoms with Crippen molar-refractivity contribution < 1.29 is 4.79 Å². The Morgan fingerprint density at radius 3 is 2.71 bits per heavy atom. The maximum Gasteiger partial charge on any atom is 0.265 e. The van der Waals surface area contributed by atoms with E-state index in [1.165, 1.54) is 11.3 Å². The van der Waals surface area contributed by atoms with Gasteiger partial charge in [0.2, 0.25) is 0 Å². The Balaban J connectivity index is 2.14. The van der Waals surface area contributed by atoms with Crippen LogP contribution in [0.25, 0.3) is 0 Å². The van der Waals surface area contributed by atoms with Crippen LogP contribution in [0.2, 0.25) is 0 Å². The molecule has 1 saturated carbocycles. The quantitative estimate of drug-likeness (QED) is 0.834. The molecule has 0 unspecified atom stereocenters. The number of hydrogen-bond acceptors (Lipinski definition) is 5. The molecule has 0 spiro atoms. The molecule has 0 aromatic carbocycles. The summed E-state index contributed by atoms with van der Waals surface area (Å²) in [7, 11) is 0. The first-order valence-electron chi connectivity index (χ1n) is 5.97. The van der Waals surface area contributed by atoms with Crippen LogP contribution in [-0.2, 0) is 0 Å². The van der Waals surface area contributed by atoms with Crippen molar-refractivity contribution in [1.82, 2.24) is 10.3 Å². The number of anilines is 2. The summed E-state index contributed by atoms with van der Waals surface area (Å²) in [5.74, 6) is 0.260. The van der Waals surface area contributed by atoms with Crippen molar-refractivity contribution in [3.8, 4) is 0 Å². The Hall–Kier alpha value is -1.30. The van der Waals surface area contributed by atoms with E-state index >= 15 is 0 Å². The third kappa shape index (κ3) is 2.69. The molecule has 6 heteroatoms. The SMILES string of the molecule is CCN(CC)c1nc(N)c(C(=O)NC2CC2)s1. The van der Waals surface area contributed by atoms with E-state index in [2.05, 4.69) is 29.0 Å². The average molecular weight is 254 g/mol. The summed E-state index contributed by atoms with van der Waals surface area (Å²) in [5.41, 5.74) is 5.80. The zero-order valence-electron chi connectivity index (χ0n) is 10.2. The van der Waals surface area contributed by atoms with Gasteiger partial charge in [0.1, 0.15) is 10.7 Å². The van der Waals surface area contributed by atoms with Gasteiger partial charge in [0, 0.05) is 19.1 Å². The molecule has 94 valence electrons. The molecule has 1 fully saturated rings. The van der Waals surface area contributed by atoms with E-state index in [9.17, 15) is 4.79 Å². The molecule has 17 heavy (non-hydrogen) atoms. The van der Waals surface area contributed by atoms with Crippen molar-refractivity contribution in [3.63, 3.8) is 0 Å². The van der Waals surface area contributed by atoms with E-state index in [4.69, 9.17) is 5.73 Å². The number of nitrogen functional groups attached to an aromatic ring is 1. The van der Waals surface area contributed by atoms with Gasteiger partial charge >= 0.3 is 0 Å². The van der Waals surface area contributed by atoms with Crippen LogP contribution in [-0.4, -0.2) is 30.0 Å². The number of hydrogen-bond donors (Lipinski definition) is 2. The van der Waals surface area contributed by atoms with Crippen LogP contribution in [0.5, 0.6) is 0 Å². The van der Waals surface area contributed by atoms with Crippen LogP contribution in [0, 0.1) is 0 Å². The monoisotopic (exact) mass is 254 g/mol. The number of nitrogens with zero attached hydrogens (tertiary/aromatic N) is 2.